The average Bonchev–Trinajstić information content (AvgIpc) is 2.61. The first-order valence-corrected chi connectivity index (χ1v) is 7.06. The minimum atomic E-state index is -2.85. The van der Waals surface area contributed by atoms with Crippen LogP contribution in [0, 0.1) is 5.92 Å². The molecule has 0 bridgehead atoms. The quantitative estimate of drug-likeness (QED) is 0.711. The van der Waals surface area contributed by atoms with Crippen molar-refractivity contribution in [3.63, 3.8) is 0 Å². The second kappa shape index (κ2) is 3.20. The van der Waals surface area contributed by atoms with E-state index in [1.165, 1.54) is 6.42 Å². The van der Waals surface area contributed by atoms with E-state index in [1.807, 2.05) is 13.8 Å². The lowest BCUT2D eigenvalue weighted by Crippen LogP contribution is -2.43. The maximum Gasteiger partial charge on any atom is 0.155 e. The van der Waals surface area contributed by atoms with Crippen LogP contribution in [0.3, 0.4) is 0 Å². The second-order valence-corrected chi connectivity index (χ2v) is 7.71. The summed E-state index contributed by atoms with van der Waals surface area (Å²) >= 11 is 0. The second-order valence-electron chi connectivity index (χ2n) is 5.02. The Morgan fingerprint density at radius 3 is 2.43 bits per heavy atom. The van der Waals surface area contributed by atoms with E-state index in [0.717, 1.165) is 19.4 Å². The predicted octanol–water partition coefficient (Wildman–Crippen LogP) is 0.952. The van der Waals surface area contributed by atoms with Crippen LogP contribution < -0.4 is 5.32 Å². The first-order valence-electron chi connectivity index (χ1n) is 5.41. The van der Waals surface area contributed by atoms with Crippen LogP contribution in [-0.2, 0) is 9.84 Å². The molecule has 0 saturated carbocycles. The van der Waals surface area contributed by atoms with Gasteiger partial charge in [-0.25, -0.2) is 8.42 Å². The van der Waals surface area contributed by atoms with Crippen molar-refractivity contribution in [2.45, 2.75) is 43.9 Å². The zero-order chi connectivity index (χ0) is 10.4. The number of nitrogens with one attached hydrogen (secondary N) is 1. The molecule has 0 spiro atoms. The Balaban J connectivity index is 2.22. The number of hydrogen-bond acceptors (Lipinski definition) is 3. The molecule has 2 atom stereocenters. The van der Waals surface area contributed by atoms with Gasteiger partial charge in [-0.3, -0.25) is 0 Å². The van der Waals surface area contributed by atoms with E-state index >= 15 is 0 Å². The van der Waals surface area contributed by atoms with E-state index in [1.54, 1.807) is 0 Å². The Labute approximate surface area is 86.2 Å². The predicted molar refractivity (Wildman–Crippen MR) is 57.0 cm³/mol. The third-order valence-electron chi connectivity index (χ3n) is 3.98. The largest absolute Gasteiger partial charge is 0.314 e. The smallest absolute Gasteiger partial charge is 0.155 e. The summed E-state index contributed by atoms with van der Waals surface area (Å²) in [7, 11) is -2.85. The van der Waals surface area contributed by atoms with E-state index in [2.05, 4.69) is 5.32 Å². The van der Waals surface area contributed by atoms with Crippen molar-refractivity contribution in [2.75, 3.05) is 12.3 Å². The van der Waals surface area contributed by atoms with Gasteiger partial charge < -0.3 is 5.32 Å². The normalized spacial score (nSPS) is 40.1. The van der Waals surface area contributed by atoms with Crippen LogP contribution in [-0.4, -0.2) is 31.5 Å². The minimum Gasteiger partial charge on any atom is -0.314 e. The Morgan fingerprint density at radius 2 is 2.00 bits per heavy atom. The van der Waals surface area contributed by atoms with Gasteiger partial charge in [0.1, 0.15) is 0 Å². The molecule has 0 amide bonds. The van der Waals surface area contributed by atoms with E-state index in [-0.39, 0.29) is 0 Å². The van der Waals surface area contributed by atoms with Crippen LogP contribution in [0.4, 0.5) is 0 Å². The molecular weight excluding hydrogens is 198 g/mol. The van der Waals surface area contributed by atoms with Gasteiger partial charge in [-0.1, -0.05) is 0 Å². The molecule has 4 heteroatoms. The van der Waals surface area contributed by atoms with Gasteiger partial charge in [0.25, 0.3) is 0 Å². The maximum atomic E-state index is 11.8. The Hall–Kier alpha value is -0.0900. The van der Waals surface area contributed by atoms with E-state index in [0.29, 0.717) is 17.7 Å². The zero-order valence-electron chi connectivity index (χ0n) is 8.91. The van der Waals surface area contributed by atoms with Crippen LogP contribution in [0.25, 0.3) is 0 Å². The van der Waals surface area contributed by atoms with Gasteiger partial charge in [-0.15, -0.1) is 0 Å². The van der Waals surface area contributed by atoms with Gasteiger partial charge in [-0.2, -0.15) is 0 Å². The molecule has 2 fully saturated rings. The van der Waals surface area contributed by atoms with Crippen molar-refractivity contribution in [1.29, 1.82) is 0 Å². The summed E-state index contributed by atoms with van der Waals surface area (Å²) in [5, 5.41) is 3.43. The van der Waals surface area contributed by atoms with Crippen LogP contribution in [0.1, 0.15) is 33.1 Å². The monoisotopic (exact) mass is 217 g/mol. The third-order valence-corrected chi connectivity index (χ3v) is 6.66. The molecule has 2 aliphatic rings. The van der Waals surface area contributed by atoms with Crippen molar-refractivity contribution in [2.24, 2.45) is 5.92 Å². The fourth-order valence-electron chi connectivity index (χ4n) is 2.86. The molecule has 0 aromatic rings. The summed E-state index contributed by atoms with van der Waals surface area (Å²) in [4.78, 5) is 0. The fraction of sp³-hybridized carbons (Fsp3) is 1.00. The lowest BCUT2D eigenvalue weighted by atomic mass is 9.85. The molecule has 3 nitrogen and oxygen atoms in total. The lowest BCUT2D eigenvalue weighted by Gasteiger charge is -2.30. The number of sulfone groups is 1. The molecule has 0 aromatic heterocycles. The maximum absolute atomic E-state index is 11.8. The fourth-order valence-corrected chi connectivity index (χ4v) is 4.70. The first-order chi connectivity index (χ1) is 6.45. The SMILES string of the molecule is CC1(C)C(C2CCCN2)CCS1(=O)=O. The molecule has 2 aliphatic heterocycles. The Morgan fingerprint density at radius 1 is 1.29 bits per heavy atom. The molecular formula is C10H19NO2S. The van der Waals surface area contributed by atoms with Crippen molar-refractivity contribution in [1.82, 2.24) is 5.32 Å². The summed E-state index contributed by atoms with van der Waals surface area (Å²) in [6, 6.07) is 0.433. The summed E-state index contributed by atoms with van der Waals surface area (Å²) < 4.78 is 23.1. The molecule has 2 unspecified atom stereocenters. The summed E-state index contributed by atoms with van der Waals surface area (Å²) in [6.07, 6.45) is 3.17. The standard InChI is InChI=1S/C10H19NO2S/c1-10(2)8(5-7-14(10,12)13)9-4-3-6-11-9/h8-9,11H,3-7H2,1-2H3. The number of hydrogen-bond donors (Lipinski definition) is 1. The van der Waals surface area contributed by atoms with Crippen LogP contribution in [0.5, 0.6) is 0 Å². The molecule has 0 aromatic carbocycles. The Bertz CT molecular complexity index is 315. The number of rotatable bonds is 1. The van der Waals surface area contributed by atoms with E-state index < -0.39 is 14.6 Å². The van der Waals surface area contributed by atoms with Crippen LogP contribution in [0.15, 0.2) is 0 Å². The minimum absolute atomic E-state index is 0.315. The molecule has 2 saturated heterocycles. The van der Waals surface area contributed by atoms with Crippen molar-refractivity contribution in [3.05, 3.63) is 0 Å². The third kappa shape index (κ3) is 1.39. The van der Waals surface area contributed by atoms with Gasteiger partial charge in [0.15, 0.2) is 9.84 Å². The highest BCUT2D eigenvalue weighted by Gasteiger charge is 2.50. The Kier molecular flexibility index (Phi) is 2.39. The summed E-state index contributed by atoms with van der Waals surface area (Å²) in [6.45, 7) is 4.83. The molecule has 2 heterocycles. The average molecular weight is 217 g/mol. The van der Waals surface area contributed by atoms with E-state index in [9.17, 15) is 8.42 Å². The van der Waals surface area contributed by atoms with Crippen LogP contribution in [0.2, 0.25) is 0 Å². The van der Waals surface area contributed by atoms with Gasteiger partial charge in [0, 0.05) is 6.04 Å². The van der Waals surface area contributed by atoms with Gasteiger partial charge in [0.05, 0.1) is 10.5 Å². The van der Waals surface area contributed by atoms with Crippen molar-refractivity contribution in [3.8, 4) is 0 Å². The first kappa shape index (κ1) is 10.4. The molecule has 0 aliphatic carbocycles. The molecule has 0 radical (unpaired) electrons. The highest BCUT2D eigenvalue weighted by molar-refractivity contribution is 7.93. The van der Waals surface area contributed by atoms with Gasteiger partial charge >= 0.3 is 0 Å². The molecule has 1 N–H and O–H groups in total. The van der Waals surface area contributed by atoms with Crippen LogP contribution >= 0.6 is 0 Å². The van der Waals surface area contributed by atoms with E-state index in [4.69, 9.17) is 0 Å². The topological polar surface area (TPSA) is 46.2 Å². The van der Waals surface area contributed by atoms with Gasteiger partial charge in [-0.05, 0) is 45.6 Å². The molecule has 2 rings (SSSR count). The summed E-state index contributed by atoms with van der Waals surface area (Å²) in [5.41, 5.74) is 0. The molecule has 14 heavy (non-hydrogen) atoms. The zero-order valence-corrected chi connectivity index (χ0v) is 9.73. The highest BCUT2D eigenvalue weighted by Crippen LogP contribution is 2.40. The summed E-state index contributed by atoms with van der Waals surface area (Å²) in [5.74, 6) is 0.693. The lowest BCUT2D eigenvalue weighted by molar-refractivity contribution is 0.326. The van der Waals surface area contributed by atoms with Crippen molar-refractivity contribution < 1.29 is 8.42 Å². The van der Waals surface area contributed by atoms with Gasteiger partial charge in [0.2, 0.25) is 0 Å². The highest BCUT2D eigenvalue weighted by atomic mass is 32.2. The molecule has 82 valence electrons. The van der Waals surface area contributed by atoms with Crippen molar-refractivity contribution >= 4 is 9.84 Å².